The lowest BCUT2D eigenvalue weighted by Gasteiger charge is -2.36. The van der Waals surface area contributed by atoms with Gasteiger partial charge in [-0.05, 0) is 29.2 Å². The van der Waals surface area contributed by atoms with E-state index in [1.807, 2.05) is 61.2 Å². The molecule has 1 heterocycles. The predicted octanol–water partition coefficient (Wildman–Crippen LogP) is 3.24. The molecule has 1 unspecified atom stereocenters. The SMILES string of the molecule is COc1ccc(CN2CCN(C(=O)C(NC(=O)CC(C)C)c3ccccc3)CC2)cc1. The fourth-order valence-electron chi connectivity index (χ4n) is 3.82. The van der Waals surface area contributed by atoms with Crippen LogP contribution in [0.5, 0.6) is 5.75 Å². The Morgan fingerprint density at radius 1 is 0.968 bits per heavy atom. The van der Waals surface area contributed by atoms with Crippen LogP contribution in [0.2, 0.25) is 0 Å². The average Bonchev–Trinajstić information content (AvgIpc) is 2.78. The van der Waals surface area contributed by atoms with E-state index in [4.69, 9.17) is 4.74 Å². The first-order chi connectivity index (χ1) is 15.0. The Balaban J connectivity index is 1.60. The largest absolute Gasteiger partial charge is 0.497 e. The summed E-state index contributed by atoms with van der Waals surface area (Å²) in [4.78, 5) is 30.0. The monoisotopic (exact) mass is 423 g/mol. The van der Waals surface area contributed by atoms with E-state index in [0.29, 0.717) is 19.5 Å². The third kappa shape index (κ3) is 6.56. The first kappa shape index (κ1) is 22.8. The second-order valence-corrected chi connectivity index (χ2v) is 8.46. The Bertz CT molecular complexity index is 844. The molecule has 1 saturated heterocycles. The Kier molecular flexibility index (Phi) is 8.06. The maximum Gasteiger partial charge on any atom is 0.249 e. The van der Waals surface area contributed by atoms with E-state index in [1.165, 1.54) is 5.56 Å². The number of methoxy groups -OCH3 is 1. The predicted molar refractivity (Wildman–Crippen MR) is 122 cm³/mol. The fourth-order valence-corrected chi connectivity index (χ4v) is 3.82. The van der Waals surface area contributed by atoms with Crippen molar-refractivity contribution in [1.82, 2.24) is 15.1 Å². The number of ether oxygens (including phenoxy) is 1. The van der Waals surface area contributed by atoms with E-state index in [0.717, 1.165) is 30.9 Å². The summed E-state index contributed by atoms with van der Waals surface area (Å²) >= 11 is 0. The molecule has 1 atom stereocenters. The summed E-state index contributed by atoms with van der Waals surface area (Å²) in [7, 11) is 1.67. The standard InChI is InChI=1S/C25H33N3O3/c1-19(2)17-23(29)26-24(21-7-5-4-6-8-21)25(30)28-15-13-27(14-16-28)18-20-9-11-22(31-3)12-10-20/h4-12,19,24H,13-18H2,1-3H3,(H,26,29). The molecule has 1 N–H and O–H groups in total. The van der Waals surface area contributed by atoms with Crippen molar-refractivity contribution in [3.05, 3.63) is 65.7 Å². The zero-order chi connectivity index (χ0) is 22.2. The number of nitrogens with one attached hydrogen (secondary N) is 1. The first-order valence-corrected chi connectivity index (χ1v) is 10.9. The van der Waals surface area contributed by atoms with Gasteiger partial charge in [-0.1, -0.05) is 56.3 Å². The summed E-state index contributed by atoms with van der Waals surface area (Å²) in [5.74, 6) is 0.974. The molecule has 6 heteroatoms. The zero-order valence-electron chi connectivity index (χ0n) is 18.7. The van der Waals surface area contributed by atoms with E-state index < -0.39 is 6.04 Å². The number of rotatable bonds is 8. The van der Waals surface area contributed by atoms with Crippen LogP contribution < -0.4 is 10.1 Å². The maximum atomic E-state index is 13.3. The molecule has 1 aliphatic rings. The molecule has 2 aromatic rings. The Hall–Kier alpha value is -2.86. The lowest BCUT2D eigenvalue weighted by atomic mass is 10.0. The normalized spacial score (nSPS) is 15.5. The number of nitrogens with zero attached hydrogens (tertiary/aromatic N) is 2. The lowest BCUT2D eigenvalue weighted by molar-refractivity contribution is -0.138. The summed E-state index contributed by atoms with van der Waals surface area (Å²) in [6.45, 7) is 7.76. The average molecular weight is 424 g/mol. The van der Waals surface area contributed by atoms with Crippen LogP contribution in [-0.4, -0.2) is 54.9 Å². The highest BCUT2D eigenvalue weighted by Crippen LogP contribution is 2.19. The van der Waals surface area contributed by atoms with Gasteiger partial charge in [-0.25, -0.2) is 0 Å². The maximum absolute atomic E-state index is 13.3. The molecule has 2 aromatic carbocycles. The van der Waals surface area contributed by atoms with Crippen LogP contribution in [0.3, 0.4) is 0 Å². The van der Waals surface area contributed by atoms with Crippen LogP contribution in [0.4, 0.5) is 0 Å². The molecule has 2 amide bonds. The molecule has 0 aliphatic carbocycles. The van der Waals surface area contributed by atoms with Crippen molar-refractivity contribution in [2.24, 2.45) is 5.92 Å². The van der Waals surface area contributed by atoms with E-state index in [1.54, 1.807) is 7.11 Å². The Labute approximate surface area is 185 Å². The molecule has 0 spiro atoms. The number of carbonyl (C=O) groups is 2. The van der Waals surface area contributed by atoms with Gasteiger partial charge in [0.1, 0.15) is 11.8 Å². The Morgan fingerprint density at radius 2 is 1.61 bits per heavy atom. The number of amides is 2. The number of hydrogen-bond acceptors (Lipinski definition) is 4. The van der Waals surface area contributed by atoms with Gasteiger partial charge in [0.15, 0.2) is 0 Å². The van der Waals surface area contributed by atoms with E-state index in [9.17, 15) is 9.59 Å². The number of piperazine rings is 1. The van der Waals surface area contributed by atoms with Gasteiger partial charge in [-0.2, -0.15) is 0 Å². The Morgan fingerprint density at radius 3 is 2.19 bits per heavy atom. The van der Waals surface area contributed by atoms with E-state index in [2.05, 4.69) is 22.3 Å². The second-order valence-electron chi connectivity index (χ2n) is 8.46. The van der Waals surface area contributed by atoms with E-state index in [-0.39, 0.29) is 17.7 Å². The van der Waals surface area contributed by atoms with Gasteiger partial charge in [0, 0.05) is 39.1 Å². The molecule has 0 radical (unpaired) electrons. The molecule has 3 rings (SSSR count). The second kappa shape index (κ2) is 11.0. The quantitative estimate of drug-likeness (QED) is 0.708. The molecule has 1 aliphatic heterocycles. The minimum absolute atomic E-state index is 0.0348. The van der Waals surface area contributed by atoms with Crippen LogP contribution in [0.15, 0.2) is 54.6 Å². The number of carbonyl (C=O) groups excluding carboxylic acids is 2. The number of benzene rings is 2. The first-order valence-electron chi connectivity index (χ1n) is 10.9. The number of hydrogen-bond donors (Lipinski definition) is 1. The molecule has 0 aromatic heterocycles. The van der Waals surface area contributed by atoms with Gasteiger partial charge in [-0.3, -0.25) is 14.5 Å². The summed E-state index contributed by atoms with van der Waals surface area (Å²) in [5, 5.41) is 2.97. The van der Waals surface area contributed by atoms with Crippen molar-refractivity contribution in [3.63, 3.8) is 0 Å². The van der Waals surface area contributed by atoms with Gasteiger partial charge in [0.2, 0.25) is 11.8 Å². The lowest BCUT2D eigenvalue weighted by Crippen LogP contribution is -2.51. The van der Waals surface area contributed by atoms with Crippen molar-refractivity contribution >= 4 is 11.8 Å². The van der Waals surface area contributed by atoms with Crippen LogP contribution >= 0.6 is 0 Å². The molecular formula is C25H33N3O3. The summed E-state index contributed by atoms with van der Waals surface area (Å²) < 4.78 is 5.22. The molecular weight excluding hydrogens is 390 g/mol. The summed E-state index contributed by atoms with van der Waals surface area (Å²) in [6.07, 6.45) is 0.409. The van der Waals surface area contributed by atoms with Crippen molar-refractivity contribution in [2.45, 2.75) is 32.9 Å². The molecule has 166 valence electrons. The molecule has 6 nitrogen and oxygen atoms in total. The third-order valence-corrected chi connectivity index (χ3v) is 5.53. The summed E-state index contributed by atoms with van der Waals surface area (Å²) in [5.41, 5.74) is 2.05. The van der Waals surface area contributed by atoms with Crippen molar-refractivity contribution < 1.29 is 14.3 Å². The smallest absolute Gasteiger partial charge is 0.249 e. The minimum atomic E-state index is -0.638. The van der Waals surface area contributed by atoms with Crippen LogP contribution in [0.25, 0.3) is 0 Å². The highest BCUT2D eigenvalue weighted by atomic mass is 16.5. The van der Waals surface area contributed by atoms with Gasteiger partial charge in [0.05, 0.1) is 7.11 Å². The molecule has 1 fully saturated rings. The van der Waals surface area contributed by atoms with Crippen molar-refractivity contribution in [3.8, 4) is 5.75 Å². The van der Waals surface area contributed by atoms with Crippen LogP contribution in [0.1, 0.15) is 37.4 Å². The minimum Gasteiger partial charge on any atom is -0.497 e. The van der Waals surface area contributed by atoms with Crippen molar-refractivity contribution in [2.75, 3.05) is 33.3 Å². The zero-order valence-corrected chi connectivity index (χ0v) is 18.7. The third-order valence-electron chi connectivity index (χ3n) is 5.53. The fraction of sp³-hybridized carbons (Fsp3) is 0.440. The molecule has 0 bridgehead atoms. The van der Waals surface area contributed by atoms with Gasteiger partial charge >= 0.3 is 0 Å². The van der Waals surface area contributed by atoms with Gasteiger partial charge < -0.3 is 15.0 Å². The highest BCUT2D eigenvalue weighted by molar-refractivity contribution is 5.88. The molecule has 0 saturated carbocycles. The topological polar surface area (TPSA) is 61.9 Å². The summed E-state index contributed by atoms with van der Waals surface area (Å²) in [6, 6.07) is 17.0. The van der Waals surface area contributed by atoms with Gasteiger partial charge in [-0.15, -0.1) is 0 Å². The molecule has 31 heavy (non-hydrogen) atoms. The van der Waals surface area contributed by atoms with Crippen LogP contribution in [0, 0.1) is 5.92 Å². The van der Waals surface area contributed by atoms with Crippen LogP contribution in [-0.2, 0) is 16.1 Å². The van der Waals surface area contributed by atoms with E-state index >= 15 is 0 Å². The highest BCUT2D eigenvalue weighted by Gasteiger charge is 2.29. The van der Waals surface area contributed by atoms with Gasteiger partial charge in [0.25, 0.3) is 0 Å². The van der Waals surface area contributed by atoms with Crippen molar-refractivity contribution in [1.29, 1.82) is 0 Å².